The predicted molar refractivity (Wildman–Crippen MR) is 84.4 cm³/mol. The molecule has 0 unspecified atom stereocenters. The highest BCUT2D eigenvalue weighted by Gasteiger charge is 2.19. The third kappa shape index (κ3) is 4.16. The van der Waals surface area contributed by atoms with Crippen LogP contribution >= 0.6 is 0 Å². The van der Waals surface area contributed by atoms with Crippen molar-refractivity contribution in [2.45, 2.75) is 39.7 Å². The molecular weight excluding hydrogens is 252 g/mol. The summed E-state index contributed by atoms with van der Waals surface area (Å²) in [6.45, 7) is 7.86. The number of rotatable bonds is 3. The normalized spacial score (nSPS) is 16.2. The Morgan fingerprint density at radius 2 is 1.95 bits per heavy atom. The third-order valence-corrected chi connectivity index (χ3v) is 3.31. The van der Waals surface area contributed by atoms with Gasteiger partial charge in [0.1, 0.15) is 18.0 Å². The topological polar surface area (TPSA) is 90.9 Å². The first-order valence-corrected chi connectivity index (χ1v) is 7.19. The van der Waals surface area contributed by atoms with Crippen molar-refractivity contribution >= 4 is 17.3 Å². The fourth-order valence-electron chi connectivity index (χ4n) is 2.22. The van der Waals surface area contributed by atoms with Gasteiger partial charge >= 0.3 is 0 Å². The van der Waals surface area contributed by atoms with E-state index in [9.17, 15) is 0 Å². The number of aromatic nitrogens is 2. The average molecular weight is 278 g/mol. The Bertz CT molecular complexity index is 437. The Hall–Kier alpha value is -1.69. The molecule has 112 valence electrons. The van der Waals surface area contributed by atoms with E-state index in [-0.39, 0.29) is 0 Å². The van der Waals surface area contributed by atoms with Gasteiger partial charge < -0.3 is 21.4 Å². The van der Waals surface area contributed by atoms with Gasteiger partial charge in [-0.05, 0) is 39.9 Å². The van der Waals surface area contributed by atoms with E-state index < -0.39 is 0 Å². The van der Waals surface area contributed by atoms with E-state index in [0.29, 0.717) is 29.0 Å². The monoisotopic (exact) mass is 278 g/mol. The molecule has 2 heterocycles. The minimum Gasteiger partial charge on any atom is -0.383 e. The molecule has 0 amide bonds. The summed E-state index contributed by atoms with van der Waals surface area (Å²) in [6.07, 6.45) is 3.60. The molecule has 4 N–H and O–H groups in total. The Morgan fingerprint density at radius 3 is 2.50 bits per heavy atom. The molecule has 0 bridgehead atoms. The van der Waals surface area contributed by atoms with Crippen LogP contribution in [-0.2, 0) is 0 Å². The molecule has 1 saturated heterocycles. The zero-order chi connectivity index (χ0) is 15.1. The van der Waals surface area contributed by atoms with Gasteiger partial charge in [-0.25, -0.2) is 9.97 Å². The van der Waals surface area contributed by atoms with E-state index in [4.69, 9.17) is 11.1 Å². The molecule has 0 atom stereocenters. The fraction of sp³-hybridized carbons (Fsp3) is 0.643. The largest absolute Gasteiger partial charge is 0.383 e. The summed E-state index contributed by atoms with van der Waals surface area (Å²) in [5.41, 5.74) is 6.82. The summed E-state index contributed by atoms with van der Waals surface area (Å²) in [5, 5.41) is 11.2. The van der Waals surface area contributed by atoms with Crippen LogP contribution in [0.15, 0.2) is 6.33 Å². The number of piperidine rings is 1. The SMILES string of the molecule is CC.CC(=N)c1c(N)ncnc1NC1CCN(C)CC1. The van der Waals surface area contributed by atoms with E-state index in [0.717, 1.165) is 25.9 Å². The number of nitrogens with one attached hydrogen (secondary N) is 2. The highest BCUT2D eigenvalue weighted by atomic mass is 15.1. The van der Waals surface area contributed by atoms with Gasteiger partial charge in [0.2, 0.25) is 0 Å². The van der Waals surface area contributed by atoms with Gasteiger partial charge in [0.25, 0.3) is 0 Å². The molecule has 0 radical (unpaired) electrons. The van der Waals surface area contributed by atoms with E-state index in [1.807, 2.05) is 13.8 Å². The second kappa shape index (κ2) is 7.79. The van der Waals surface area contributed by atoms with Crippen molar-refractivity contribution in [3.63, 3.8) is 0 Å². The highest BCUT2D eigenvalue weighted by Crippen LogP contribution is 2.21. The number of nitrogens with zero attached hydrogens (tertiary/aromatic N) is 3. The van der Waals surface area contributed by atoms with Gasteiger partial charge in [0, 0.05) is 11.8 Å². The summed E-state index contributed by atoms with van der Waals surface area (Å²) < 4.78 is 0. The molecule has 6 nitrogen and oxygen atoms in total. The lowest BCUT2D eigenvalue weighted by Gasteiger charge is -2.30. The number of likely N-dealkylation sites (tertiary alicyclic amines) is 1. The second-order valence-corrected chi connectivity index (χ2v) is 4.83. The molecule has 6 heteroatoms. The predicted octanol–water partition coefficient (Wildman–Crippen LogP) is 1.98. The molecule has 0 aliphatic carbocycles. The first-order valence-electron chi connectivity index (χ1n) is 7.19. The molecule has 0 aromatic carbocycles. The Balaban J connectivity index is 0.000000956. The van der Waals surface area contributed by atoms with Crippen LogP contribution < -0.4 is 11.1 Å². The smallest absolute Gasteiger partial charge is 0.140 e. The van der Waals surface area contributed by atoms with Gasteiger partial charge in [0.15, 0.2) is 0 Å². The fourth-order valence-corrected chi connectivity index (χ4v) is 2.22. The second-order valence-electron chi connectivity index (χ2n) is 4.83. The molecule has 0 spiro atoms. The van der Waals surface area contributed by atoms with Gasteiger partial charge in [-0.3, -0.25) is 0 Å². The molecule has 20 heavy (non-hydrogen) atoms. The summed E-state index contributed by atoms with van der Waals surface area (Å²) in [4.78, 5) is 10.5. The summed E-state index contributed by atoms with van der Waals surface area (Å²) >= 11 is 0. The minimum absolute atomic E-state index is 0.368. The molecule has 0 saturated carbocycles. The van der Waals surface area contributed by atoms with Crippen molar-refractivity contribution < 1.29 is 0 Å². The molecule has 1 fully saturated rings. The lowest BCUT2D eigenvalue weighted by molar-refractivity contribution is 0.263. The van der Waals surface area contributed by atoms with Crippen LogP contribution in [-0.4, -0.2) is 46.8 Å². The maximum atomic E-state index is 7.76. The molecule has 1 aliphatic heterocycles. The maximum absolute atomic E-state index is 7.76. The van der Waals surface area contributed by atoms with Gasteiger partial charge in [-0.2, -0.15) is 0 Å². The molecule has 1 aromatic rings. The Labute approximate surface area is 121 Å². The van der Waals surface area contributed by atoms with E-state index in [1.165, 1.54) is 6.33 Å². The van der Waals surface area contributed by atoms with Gasteiger partial charge in [0.05, 0.1) is 5.56 Å². The minimum atomic E-state index is 0.368. The third-order valence-electron chi connectivity index (χ3n) is 3.31. The number of nitrogen functional groups attached to an aromatic ring is 1. The van der Waals surface area contributed by atoms with Crippen LogP contribution in [0.1, 0.15) is 39.2 Å². The van der Waals surface area contributed by atoms with Gasteiger partial charge in [-0.1, -0.05) is 13.8 Å². The van der Waals surface area contributed by atoms with Crippen molar-refractivity contribution in [3.8, 4) is 0 Å². The number of anilines is 2. The van der Waals surface area contributed by atoms with Crippen molar-refractivity contribution in [1.29, 1.82) is 5.41 Å². The lowest BCUT2D eigenvalue weighted by Crippen LogP contribution is -2.37. The van der Waals surface area contributed by atoms with E-state index in [2.05, 4.69) is 27.2 Å². The zero-order valence-corrected chi connectivity index (χ0v) is 12.9. The first kappa shape index (κ1) is 16.4. The van der Waals surface area contributed by atoms with Crippen LogP contribution in [0.3, 0.4) is 0 Å². The highest BCUT2D eigenvalue weighted by molar-refractivity contribution is 6.04. The Morgan fingerprint density at radius 1 is 1.35 bits per heavy atom. The lowest BCUT2D eigenvalue weighted by atomic mass is 10.0. The quantitative estimate of drug-likeness (QED) is 0.735. The zero-order valence-electron chi connectivity index (χ0n) is 12.9. The van der Waals surface area contributed by atoms with Crippen LogP contribution in [0.25, 0.3) is 0 Å². The number of hydrogen-bond donors (Lipinski definition) is 3. The van der Waals surface area contributed by atoms with Crippen LogP contribution in [0.4, 0.5) is 11.6 Å². The number of hydrogen-bond acceptors (Lipinski definition) is 6. The molecule has 2 rings (SSSR count). The van der Waals surface area contributed by atoms with E-state index in [1.54, 1.807) is 6.92 Å². The molecular formula is C14H26N6. The van der Waals surface area contributed by atoms with Crippen LogP contribution in [0, 0.1) is 5.41 Å². The summed E-state index contributed by atoms with van der Waals surface area (Å²) in [5.74, 6) is 1.05. The standard InChI is InChI=1S/C12H20N6.C2H6/c1-8(13)10-11(14)15-7-16-12(10)17-9-3-5-18(2)6-4-9;1-2/h7,9,13H,3-6H2,1-2H3,(H3,14,15,16,17);1-2H3. The number of nitrogens with two attached hydrogens (primary N) is 1. The van der Waals surface area contributed by atoms with E-state index >= 15 is 0 Å². The summed E-state index contributed by atoms with van der Waals surface area (Å²) in [7, 11) is 2.13. The average Bonchev–Trinajstić information content (AvgIpc) is 2.43. The van der Waals surface area contributed by atoms with Gasteiger partial charge in [-0.15, -0.1) is 0 Å². The Kier molecular flexibility index (Phi) is 6.38. The molecule has 1 aromatic heterocycles. The summed E-state index contributed by atoms with van der Waals surface area (Å²) in [6, 6.07) is 0.397. The van der Waals surface area contributed by atoms with Crippen LogP contribution in [0.2, 0.25) is 0 Å². The first-order chi connectivity index (χ1) is 9.58. The van der Waals surface area contributed by atoms with Crippen molar-refractivity contribution in [2.24, 2.45) is 0 Å². The maximum Gasteiger partial charge on any atom is 0.140 e. The molecule has 1 aliphatic rings. The van der Waals surface area contributed by atoms with Crippen molar-refractivity contribution in [2.75, 3.05) is 31.2 Å². The van der Waals surface area contributed by atoms with Crippen molar-refractivity contribution in [1.82, 2.24) is 14.9 Å². The van der Waals surface area contributed by atoms with Crippen molar-refractivity contribution in [3.05, 3.63) is 11.9 Å². The van der Waals surface area contributed by atoms with Crippen LogP contribution in [0.5, 0.6) is 0 Å².